The number of piperidine rings is 1. The molecule has 0 unspecified atom stereocenters. The van der Waals surface area contributed by atoms with Crippen molar-refractivity contribution in [3.05, 3.63) is 59.9 Å². The first-order valence-electron chi connectivity index (χ1n) is 8.73. The lowest BCUT2D eigenvalue weighted by molar-refractivity contribution is 0.101. The summed E-state index contributed by atoms with van der Waals surface area (Å²) in [4.78, 5) is 11.4. The lowest BCUT2D eigenvalue weighted by Crippen LogP contribution is -2.45. The SMILES string of the molecule is CC(=O)c1ccc(S(=O)(=O)N2CCC[C@@H](S(=O)(=O)c3ccc(F)cc3)C2)cc1. The Bertz CT molecular complexity index is 1080. The monoisotopic (exact) mass is 425 g/mol. The summed E-state index contributed by atoms with van der Waals surface area (Å²) < 4.78 is 65.8. The van der Waals surface area contributed by atoms with Crippen LogP contribution in [0.3, 0.4) is 0 Å². The molecule has 0 amide bonds. The molecular formula is C19H20FNO5S2. The normalized spacial score (nSPS) is 18.7. The van der Waals surface area contributed by atoms with Gasteiger partial charge in [-0.3, -0.25) is 4.79 Å². The van der Waals surface area contributed by atoms with Gasteiger partial charge < -0.3 is 0 Å². The number of sulfone groups is 1. The third kappa shape index (κ3) is 4.01. The van der Waals surface area contributed by atoms with Crippen LogP contribution in [-0.2, 0) is 19.9 Å². The van der Waals surface area contributed by atoms with Gasteiger partial charge in [0.25, 0.3) is 0 Å². The highest BCUT2D eigenvalue weighted by Gasteiger charge is 2.37. The number of rotatable bonds is 5. The van der Waals surface area contributed by atoms with Gasteiger partial charge in [0.05, 0.1) is 15.0 Å². The Morgan fingerprint density at radius 2 is 1.54 bits per heavy atom. The minimum Gasteiger partial charge on any atom is -0.295 e. The first-order chi connectivity index (χ1) is 13.1. The zero-order valence-corrected chi connectivity index (χ0v) is 16.8. The van der Waals surface area contributed by atoms with E-state index in [4.69, 9.17) is 0 Å². The van der Waals surface area contributed by atoms with Gasteiger partial charge in [-0.15, -0.1) is 0 Å². The van der Waals surface area contributed by atoms with Crippen molar-refractivity contribution in [1.82, 2.24) is 4.31 Å². The Balaban J connectivity index is 1.85. The fourth-order valence-corrected chi connectivity index (χ4v) is 6.58. The number of ketones is 1. The van der Waals surface area contributed by atoms with Crippen LogP contribution in [0.25, 0.3) is 0 Å². The highest BCUT2D eigenvalue weighted by molar-refractivity contribution is 7.92. The Morgan fingerprint density at radius 3 is 2.11 bits per heavy atom. The van der Waals surface area contributed by atoms with E-state index >= 15 is 0 Å². The molecule has 6 nitrogen and oxygen atoms in total. The van der Waals surface area contributed by atoms with Crippen molar-refractivity contribution in [2.75, 3.05) is 13.1 Å². The first-order valence-corrected chi connectivity index (χ1v) is 11.7. The molecule has 28 heavy (non-hydrogen) atoms. The molecule has 9 heteroatoms. The molecule has 3 rings (SSSR count). The Hall–Kier alpha value is -2.10. The molecule has 0 aliphatic carbocycles. The second kappa shape index (κ2) is 7.73. The maximum atomic E-state index is 13.1. The van der Waals surface area contributed by atoms with Gasteiger partial charge in [-0.25, -0.2) is 21.2 Å². The van der Waals surface area contributed by atoms with Gasteiger partial charge in [0.15, 0.2) is 15.6 Å². The molecule has 1 atom stereocenters. The van der Waals surface area contributed by atoms with Crippen LogP contribution >= 0.6 is 0 Å². The van der Waals surface area contributed by atoms with Crippen LogP contribution < -0.4 is 0 Å². The summed E-state index contributed by atoms with van der Waals surface area (Å²) in [6, 6.07) is 10.1. The fraction of sp³-hybridized carbons (Fsp3) is 0.316. The van der Waals surface area contributed by atoms with E-state index < -0.39 is 30.9 Å². The molecule has 0 saturated carbocycles. The molecule has 0 radical (unpaired) electrons. The minimum atomic E-state index is -3.89. The summed E-state index contributed by atoms with van der Waals surface area (Å²) in [7, 11) is -7.68. The minimum absolute atomic E-state index is 0.0114. The smallest absolute Gasteiger partial charge is 0.243 e. The third-order valence-electron chi connectivity index (χ3n) is 4.82. The van der Waals surface area contributed by atoms with Crippen LogP contribution in [0.15, 0.2) is 58.3 Å². The highest BCUT2D eigenvalue weighted by Crippen LogP contribution is 2.27. The van der Waals surface area contributed by atoms with E-state index in [2.05, 4.69) is 0 Å². The number of halogens is 1. The Kier molecular flexibility index (Phi) is 5.69. The van der Waals surface area contributed by atoms with Crippen molar-refractivity contribution in [3.63, 3.8) is 0 Å². The second-order valence-corrected chi connectivity index (χ2v) is 10.9. The summed E-state index contributed by atoms with van der Waals surface area (Å²) in [6.45, 7) is 1.43. The average molecular weight is 426 g/mol. The number of hydrogen-bond acceptors (Lipinski definition) is 5. The molecule has 150 valence electrons. The molecular weight excluding hydrogens is 405 g/mol. The first kappa shape index (κ1) is 20.6. The van der Waals surface area contributed by atoms with Gasteiger partial charge in [-0.05, 0) is 56.2 Å². The molecule has 1 aliphatic rings. The van der Waals surface area contributed by atoms with Crippen molar-refractivity contribution in [3.8, 4) is 0 Å². The lowest BCUT2D eigenvalue weighted by atomic mass is 10.2. The number of hydrogen-bond donors (Lipinski definition) is 0. The zero-order valence-electron chi connectivity index (χ0n) is 15.2. The van der Waals surface area contributed by atoms with E-state index in [0.717, 1.165) is 16.4 Å². The quantitative estimate of drug-likeness (QED) is 0.543. The van der Waals surface area contributed by atoms with Crippen molar-refractivity contribution >= 4 is 25.6 Å². The maximum absolute atomic E-state index is 13.1. The van der Waals surface area contributed by atoms with Crippen LogP contribution in [0.5, 0.6) is 0 Å². The molecule has 1 saturated heterocycles. The van der Waals surface area contributed by atoms with Gasteiger partial charge in [-0.2, -0.15) is 4.31 Å². The van der Waals surface area contributed by atoms with Crippen LogP contribution in [0, 0.1) is 5.82 Å². The summed E-state index contributed by atoms with van der Waals surface area (Å²) in [5.74, 6) is -0.715. The summed E-state index contributed by atoms with van der Waals surface area (Å²) >= 11 is 0. The van der Waals surface area contributed by atoms with Crippen molar-refractivity contribution < 1.29 is 26.0 Å². The third-order valence-corrected chi connectivity index (χ3v) is 8.89. The molecule has 1 heterocycles. The molecule has 0 N–H and O–H groups in total. The molecule has 2 aromatic carbocycles. The molecule has 2 aromatic rings. The lowest BCUT2D eigenvalue weighted by Gasteiger charge is -2.31. The predicted octanol–water partition coefficient (Wildman–Crippen LogP) is 2.66. The standard InChI is InChI=1S/C19H20FNO5S2/c1-14(22)15-4-8-18(9-5-15)28(25,26)21-12-2-3-19(13-21)27(23,24)17-10-6-16(20)7-11-17/h4-11,19H,2-3,12-13H2,1H3/t19-/m1/s1. The second-order valence-electron chi connectivity index (χ2n) is 6.71. The van der Waals surface area contributed by atoms with Gasteiger partial charge in [0.1, 0.15) is 5.82 Å². The predicted molar refractivity (Wildman–Crippen MR) is 102 cm³/mol. The number of benzene rings is 2. The van der Waals surface area contributed by atoms with E-state index in [0.29, 0.717) is 18.4 Å². The number of Topliss-reactive ketones (excluding diaryl/α,β-unsaturated/α-hetero) is 1. The number of carbonyl (C=O) groups excluding carboxylic acids is 1. The fourth-order valence-electron chi connectivity index (χ4n) is 3.20. The molecule has 1 aliphatic heterocycles. The Morgan fingerprint density at radius 1 is 0.964 bits per heavy atom. The number of nitrogens with zero attached hydrogens (tertiary/aromatic N) is 1. The molecule has 0 aromatic heterocycles. The van der Waals surface area contributed by atoms with E-state index in [9.17, 15) is 26.0 Å². The van der Waals surface area contributed by atoms with Gasteiger partial charge in [0.2, 0.25) is 10.0 Å². The highest BCUT2D eigenvalue weighted by atomic mass is 32.2. The van der Waals surface area contributed by atoms with Gasteiger partial charge in [0, 0.05) is 18.7 Å². The summed E-state index contributed by atoms with van der Waals surface area (Å²) in [5.41, 5.74) is 0.398. The summed E-state index contributed by atoms with van der Waals surface area (Å²) in [6.07, 6.45) is 0.727. The van der Waals surface area contributed by atoms with E-state index in [1.54, 1.807) is 0 Å². The summed E-state index contributed by atoms with van der Waals surface area (Å²) in [5, 5.41) is -0.905. The number of carbonyl (C=O) groups is 1. The molecule has 1 fully saturated rings. The van der Waals surface area contributed by atoms with Crippen LogP contribution in [-0.4, -0.2) is 45.3 Å². The molecule has 0 spiro atoms. The maximum Gasteiger partial charge on any atom is 0.243 e. The van der Waals surface area contributed by atoms with E-state index in [1.807, 2.05) is 0 Å². The average Bonchev–Trinajstić information content (AvgIpc) is 2.68. The van der Waals surface area contributed by atoms with E-state index in [-0.39, 0.29) is 28.7 Å². The Labute approximate surface area is 164 Å². The van der Waals surface area contributed by atoms with Crippen LogP contribution in [0.4, 0.5) is 4.39 Å². The van der Waals surface area contributed by atoms with Crippen molar-refractivity contribution in [1.29, 1.82) is 0 Å². The van der Waals surface area contributed by atoms with E-state index in [1.165, 1.54) is 43.3 Å². The van der Waals surface area contributed by atoms with Crippen LogP contribution in [0.2, 0.25) is 0 Å². The largest absolute Gasteiger partial charge is 0.295 e. The number of sulfonamides is 1. The van der Waals surface area contributed by atoms with Crippen molar-refractivity contribution in [2.24, 2.45) is 0 Å². The van der Waals surface area contributed by atoms with Crippen LogP contribution in [0.1, 0.15) is 30.1 Å². The molecule has 0 bridgehead atoms. The van der Waals surface area contributed by atoms with Crippen molar-refractivity contribution in [2.45, 2.75) is 34.8 Å². The van der Waals surface area contributed by atoms with Gasteiger partial charge >= 0.3 is 0 Å². The topological polar surface area (TPSA) is 88.6 Å². The van der Waals surface area contributed by atoms with Gasteiger partial charge in [-0.1, -0.05) is 12.1 Å². The zero-order chi connectivity index (χ0) is 20.5.